The highest BCUT2D eigenvalue weighted by Crippen LogP contribution is 2.36. The number of hydrogen-bond donors (Lipinski definition) is 1. The summed E-state index contributed by atoms with van der Waals surface area (Å²) >= 11 is 6.15. The molecular formula is C16H11ClFN3O3S. The molecule has 0 saturated heterocycles. The van der Waals surface area contributed by atoms with Crippen molar-refractivity contribution in [3.8, 4) is 11.3 Å². The second-order valence-electron chi connectivity index (χ2n) is 5.07. The standard InChI is InChI=1S/C16H11ClFN3O3S/c1-3-9(2)21-15-11(16(22)20-25(21,23)24)8-12(17)14(19-15)10-6-4-5-7-13(10)18/h3-8H,1-2H2,(H,20,22). The van der Waals surface area contributed by atoms with Crippen LogP contribution in [-0.2, 0) is 10.2 Å². The fourth-order valence-electron chi connectivity index (χ4n) is 2.35. The van der Waals surface area contributed by atoms with Crippen molar-refractivity contribution in [2.24, 2.45) is 0 Å². The Morgan fingerprint density at radius 1 is 1.32 bits per heavy atom. The molecule has 128 valence electrons. The molecular weight excluding hydrogens is 369 g/mol. The lowest BCUT2D eigenvalue weighted by Gasteiger charge is -2.29. The lowest BCUT2D eigenvalue weighted by Crippen LogP contribution is -2.48. The molecule has 1 aromatic carbocycles. The molecule has 0 saturated carbocycles. The molecule has 0 bridgehead atoms. The van der Waals surface area contributed by atoms with Crippen LogP contribution in [0.25, 0.3) is 11.3 Å². The maximum absolute atomic E-state index is 14.1. The van der Waals surface area contributed by atoms with Gasteiger partial charge in [0.2, 0.25) is 0 Å². The Bertz CT molecular complexity index is 1040. The molecule has 0 radical (unpaired) electrons. The molecule has 9 heteroatoms. The van der Waals surface area contributed by atoms with Crippen molar-refractivity contribution >= 4 is 33.5 Å². The number of halogens is 2. The predicted octanol–water partition coefficient (Wildman–Crippen LogP) is 3.04. The Morgan fingerprint density at radius 2 is 2.00 bits per heavy atom. The summed E-state index contributed by atoms with van der Waals surface area (Å²) in [5.74, 6) is -1.71. The molecule has 0 spiro atoms. The van der Waals surface area contributed by atoms with Gasteiger partial charge in [0.15, 0.2) is 5.82 Å². The Balaban J connectivity index is 2.33. The average molecular weight is 380 g/mol. The largest absolute Gasteiger partial charge is 0.332 e. The number of pyridine rings is 1. The van der Waals surface area contributed by atoms with Crippen molar-refractivity contribution in [1.29, 1.82) is 0 Å². The minimum absolute atomic E-state index is 0.00228. The first-order chi connectivity index (χ1) is 11.8. The number of aromatic nitrogens is 1. The van der Waals surface area contributed by atoms with Gasteiger partial charge in [-0.1, -0.05) is 36.9 Å². The molecule has 0 atom stereocenters. The average Bonchev–Trinajstić information content (AvgIpc) is 2.55. The lowest BCUT2D eigenvalue weighted by molar-refractivity contribution is 0.0980. The van der Waals surface area contributed by atoms with Gasteiger partial charge in [-0.05, 0) is 24.3 Å². The van der Waals surface area contributed by atoms with E-state index in [1.54, 1.807) is 6.07 Å². The first kappa shape index (κ1) is 17.1. The molecule has 1 amide bonds. The molecule has 1 N–H and O–H groups in total. The van der Waals surface area contributed by atoms with Gasteiger partial charge >= 0.3 is 10.2 Å². The second kappa shape index (κ2) is 5.98. The van der Waals surface area contributed by atoms with Crippen LogP contribution >= 0.6 is 11.6 Å². The predicted molar refractivity (Wildman–Crippen MR) is 92.8 cm³/mol. The van der Waals surface area contributed by atoms with Crippen molar-refractivity contribution in [2.45, 2.75) is 0 Å². The van der Waals surface area contributed by atoms with Crippen LogP contribution < -0.4 is 9.03 Å². The smallest absolute Gasteiger partial charge is 0.268 e. The monoisotopic (exact) mass is 379 g/mol. The van der Waals surface area contributed by atoms with E-state index in [4.69, 9.17) is 11.6 Å². The van der Waals surface area contributed by atoms with Gasteiger partial charge in [0.05, 0.1) is 22.0 Å². The number of rotatable bonds is 3. The van der Waals surface area contributed by atoms with E-state index in [-0.39, 0.29) is 33.4 Å². The summed E-state index contributed by atoms with van der Waals surface area (Å²) in [5, 5.41) is 0.00228. The number of hydrogen-bond acceptors (Lipinski definition) is 4. The van der Waals surface area contributed by atoms with Crippen LogP contribution in [0.5, 0.6) is 0 Å². The number of nitrogens with one attached hydrogen (secondary N) is 1. The number of amides is 1. The van der Waals surface area contributed by atoms with Crippen LogP contribution in [0.2, 0.25) is 5.02 Å². The minimum atomic E-state index is -4.26. The Morgan fingerprint density at radius 3 is 2.64 bits per heavy atom. The quantitative estimate of drug-likeness (QED) is 0.831. The summed E-state index contributed by atoms with van der Waals surface area (Å²) in [6, 6.07) is 6.98. The zero-order valence-electron chi connectivity index (χ0n) is 12.7. The number of nitrogens with zero attached hydrogens (tertiary/aromatic N) is 2. The van der Waals surface area contributed by atoms with Gasteiger partial charge in [-0.15, -0.1) is 0 Å². The van der Waals surface area contributed by atoms with Crippen molar-refractivity contribution in [3.63, 3.8) is 0 Å². The molecule has 1 aliphatic rings. The number of benzene rings is 1. The SMILES string of the molecule is C=CC(=C)N1c2nc(-c3ccccc3F)c(Cl)cc2C(=O)NS1(=O)=O. The van der Waals surface area contributed by atoms with Crippen LogP contribution in [0, 0.1) is 5.82 Å². The molecule has 0 aliphatic carbocycles. The van der Waals surface area contributed by atoms with Gasteiger partial charge < -0.3 is 0 Å². The number of fused-ring (bicyclic) bond motifs is 1. The van der Waals surface area contributed by atoms with E-state index in [0.29, 0.717) is 0 Å². The highest BCUT2D eigenvalue weighted by atomic mass is 35.5. The summed E-state index contributed by atoms with van der Waals surface area (Å²) in [5.41, 5.74) is -0.0356. The van der Waals surface area contributed by atoms with E-state index in [1.165, 1.54) is 30.3 Å². The zero-order chi connectivity index (χ0) is 18.4. The number of carbonyl (C=O) groups excluding carboxylic acids is 1. The first-order valence-electron chi connectivity index (χ1n) is 6.90. The summed E-state index contributed by atoms with van der Waals surface area (Å²) in [6.45, 7) is 7.06. The Labute approximate surface area is 148 Å². The van der Waals surface area contributed by atoms with Crippen molar-refractivity contribution in [2.75, 3.05) is 4.31 Å². The van der Waals surface area contributed by atoms with Crippen molar-refractivity contribution in [1.82, 2.24) is 9.71 Å². The number of allylic oxidation sites excluding steroid dienone is 1. The van der Waals surface area contributed by atoms with Gasteiger partial charge in [0.25, 0.3) is 5.91 Å². The van der Waals surface area contributed by atoms with E-state index in [0.717, 1.165) is 4.31 Å². The normalized spacial score (nSPS) is 15.3. The van der Waals surface area contributed by atoms with Crippen LogP contribution in [0.1, 0.15) is 10.4 Å². The molecule has 6 nitrogen and oxygen atoms in total. The molecule has 2 aromatic rings. The van der Waals surface area contributed by atoms with Crippen molar-refractivity contribution in [3.05, 3.63) is 71.7 Å². The third-order valence-corrected chi connectivity index (χ3v) is 5.10. The van der Waals surface area contributed by atoms with Gasteiger partial charge in [0, 0.05) is 5.56 Å². The van der Waals surface area contributed by atoms with Gasteiger partial charge in [-0.25, -0.2) is 18.4 Å². The summed E-state index contributed by atoms with van der Waals surface area (Å²) in [4.78, 5) is 16.2. The highest BCUT2D eigenvalue weighted by Gasteiger charge is 2.37. The van der Waals surface area contributed by atoms with E-state index in [9.17, 15) is 17.6 Å². The van der Waals surface area contributed by atoms with E-state index in [1.807, 2.05) is 4.72 Å². The molecule has 3 rings (SSSR count). The zero-order valence-corrected chi connectivity index (χ0v) is 14.2. The fraction of sp³-hybridized carbons (Fsp3) is 0. The van der Waals surface area contributed by atoms with Crippen LogP contribution in [0.15, 0.2) is 55.3 Å². The molecule has 25 heavy (non-hydrogen) atoms. The molecule has 0 fully saturated rings. The van der Waals surface area contributed by atoms with Crippen LogP contribution in [0.4, 0.5) is 10.2 Å². The van der Waals surface area contributed by atoms with Crippen LogP contribution in [-0.4, -0.2) is 19.3 Å². The molecule has 1 aliphatic heterocycles. The van der Waals surface area contributed by atoms with E-state index in [2.05, 4.69) is 18.1 Å². The van der Waals surface area contributed by atoms with Crippen molar-refractivity contribution < 1.29 is 17.6 Å². The Kier molecular flexibility index (Phi) is 4.09. The minimum Gasteiger partial charge on any atom is -0.268 e. The third-order valence-electron chi connectivity index (χ3n) is 3.48. The van der Waals surface area contributed by atoms with Crippen LogP contribution in [0.3, 0.4) is 0 Å². The molecule has 0 unspecified atom stereocenters. The van der Waals surface area contributed by atoms with E-state index < -0.39 is 21.9 Å². The second-order valence-corrected chi connectivity index (χ2v) is 6.99. The van der Waals surface area contributed by atoms with Gasteiger partial charge in [-0.3, -0.25) is 4.79 Å². The number of carbonyl (C=O) groups is 1. The lowest BCUT2D eigenvalue weighted by atomic mass is 10.1. The Hall–Kier alpha value is -2.71. The summed E-state index contributed by atoms with van der Waals surface area (Å²) in [6.07, 6.45) is 1.19. The third kappa shape index (κ3) is 2.79. The summed E-state index contributed by atoms with van der Waals surface area (Å²) in [7, 11) is -4.26. The molecule has 2 heterocycles. The maximum Gasteiger partial charge on any atom is 0.332 e. The summed E-state index contributed by atoms with van der Waals surface area (Å²) < 4.78 is 41.3. The first-order valence-corrected chi connectivity index (χ1v) is 8.72. The molecule has 1 aromatic heterocycles. The van der Waals surface area contributed by atoms with Gasteiger partial charge in [-0.2, -0.15) is 8.42 Å². The van der Waals surface area contributed by atoms with E-state index >= 15 is 0 Å². The number of anilines is 1. The highest BCUT2D eigenvalue weighted by molar-refractivity contribution is 7.91. The topological polar surface area (TPSA) is 79.4 Å². The van der Waals surface area contributed by atoms with Gasteiger partial charge in [0.1, 0.15) is 5.82 Å². The maximum atomic E-state index is 14.1. The fourth-order valence-corrected chi connectivity index (χ4v) is 3.79.